The van der Waals surface area contributed by atoms with Crippen molar-refractivity contribution in [2.45, 2.75) is 6.54 Å². The zero-order valence-electron chi connectivity index (χ0n) is 6.75. The second kappa shape index (κ2) is 4.00. The van der Waals surface area contributed by atoms with Crippen molar-refractivity contribution in [2.75, 3.05) is 5.73 Å². The van der Waals surface area contributed by atoms with E-state index >= 15 is 0 Å². The van der Waals surface area contributed by atoms with Crippen molar-refractivity contribution in [3.8, 4) is 0 Å². The van der Waals surface area contributed by atoms with Crippen molar-refractivity contribution in [3.05, 3.63) is 28.8 Å². The van der Waals surface area contributed by atoms with Crippen LogP contribution < -0.4 is 11.1 Å². The van der Waals surface area contributed by atoms with Crippen LogP contribution >= 0.6 is 11.6 Å². The molecule has 0 fully saturated rings. The summed E-state index contributed by atoms with van der Waals surface area (Å²) in [6.45, 7) is 0.189. The number of nitrogens with two attached hydrogens (primary N) is 1. The molecular formula is C8H9ClN2O2. The van der Waals surface area contributed by atoms with Crippen LogP contribution in [0.1, 0.15) is 5.56 Å². The fraction of sp³-hybridized carbons (Fsp3) is 0.125. The third-order valence-corrected chi connectivity index (χ3v) is 1.86. The molecular weight excluding hydrogens is 192 g/mol. The van der Waals surface area contributed by atoms with Gasteiger partial charge in [-0.2, -0.15) is 0 Å². The molecule has 1 aromatic carbocycles. The lowest BCUT2D eigenvalue weighted by Crippen LogP contribution is -2.20. The van der Waals surface area contributed by atoms with Crippen molar-refractivity contribution in [1.29, 1.82) is 0 Å². The predicted octanol–water partition coefficient (Wildman–Crippen LogP) is 1.69. The van der Waals surface area contributed by atoms with Gasteiger partial charge in [-0.3, -0.25) is 0 Å². The van der Waals surface area contributed by atoms with Gasteiger partial charge in [0.25, 0.3) is 0 Å². The van der Waals surface area contributed by atoms with Crippen molar-refractivity contribution in [3.63, 3.8) is 0 Å². The van der Waals surface area contributed by atoms with Gasteiger partial charge >= 0.3 is 6.09 Å². The lowest BCUT2D eigenvalue weighted by molar-refractivity contribution is 0.194. The van der Waals surface area contributed by atoms with Crippen LogP contribution in [0.5, 0.6) is 0 Å². The fourth-order valence-electron chi connectivity index (χ4n) is 0.878. The zero-order chi connectivity index (χ0) is 9.84. The first-order chi connectivity index (χ1) is 6.09. The van der Waals surface area contributed by atoms with Crippen LogP contribution in [0.2, 0.25) is 5.02 Å². The Kier molecular flexibility index (Phi) is 2.97. The van der Waals surface area contributed by atoms with Gasteiger partial charge in [-0.15, -0.1) is 0 Å². The van der Waals surface area contributed by atoms with E-state index in [0.29, 0.717) is 16.3 Å². The zero-order valence-corrected chi connectivity index (χ0v) is 7.51. The number of hydrogen-bond donors (Lipinski definition) is 3. The van der Waals surface area contributed by atoms with E-state index in [1.165, 1.54) is 0 Å². The Morgan fingerprint density at radius 2 is 2.31 bits per heavy atom. The molecule has 5 heteroatoms. The number of carbonyl (C=O) groups is 1. The minimum Gasteiger partial charge on any atom is -0.465 e. The summed E-state index contributed by atoms with van der Waals surface area (Å²) >= 11 is 5.80. The largest absolute Gasteiger partial charge is 0.465 e. The van der Waals surface area contributed by atoms with Crippen LogP contribution in [-0.4, -0.2) is 11.2 Å². The quantitative estimate of drug-likeness (QED) is 0.636. The lowest BCUT2D eigenvalue weighted by Gasteiger charge is -2.04. The first-order valence-electron chi connectivity index (χ1n) is 3.60. The van der Waals surface area contributed by atoms with E-state index in [4.69, 9.17) is 22.4 Å². The molecule has 0 bridgehead atoms. The highest BCUT2D eigenvalue weighted by Crippen LogP contribution is 2.18. The minimum absolute atomic E-state index is 0.189. The van der Waals surface area contributed by atoms with Gasteiger partial charge in [-0.1, -0.05) is 17.7 Å². The summed E-state index contributed by atoms with van der Waals surface area (Å²) < 4.78 is 0. The molecule has 4 N–H and O–H groups in total. The Labute approximate surface area is 80.3 Å². The van der Waals surface area contributed by atoms with Crippen LogP contribution in [0, 0.1) is 0 Å². The third-order valence-electron chi connectivity index (χ3n) is 1.51. The van der Waals surface area contributed by atoms with Crippen molar-refractivity contribution >= 4 is 23.4 Å². The maximum Gasteiger partial charge on any atom is 0.404 e. The van der Waals surface area contributed by atoms with Crippen molar-refractivity contribution < 1.29 is 9.90 Å². The van der Waals surface area contributed by atoms with E-state index in [0.717, 1.165) is 0 Å². The maximum absolute atomic E-state index is 10.2. The molecule has 0 unspecified atom stereocenters. The summed E-state index contributed by atoms with van der Waals surface area (Å²) in [5.74, 6) is 0. The van der Waals surface area contributed by atoms with Gasteiger partial charge in [0.05, 0.1) is 0 Å². The second-order valence-electron chi connectivity index (χ2n) is 2.51. The van der Waals surface area contributed by atoms with E-state index in [1.807, 2.05) is 0 Å². The number of benzene rings is 1. The summed E-state index contributed by atoms with van der Waals surface area (Å²) in [7, 11) is 0. The Morgan fingerprint density at radius 3 is 2.85 bits per heavy atom. The normalized spacial score (nSPS) is 9.62. The minimum atomic E-state index is -1.08. The molecule has 0 heterocycles. The van der Waals surface area contributed by atoms with Crippen LogP contribution in [-0.2, 0) is 6.54 Å². The van der Waals surface area contributed by atoms with E-state index in [2.05, 4.69) is 5.32 Å². The number of anilines is 1. The summed E-state index contributed by atoms with van der Waals surface area (Å²) in [6.07, 6.45) is -1.08. The van der Waals surface area contributed by atoms with E-state index in [9.17, 15) is 4.79 Å². The molecule has 13 heavy (non-hydrogen) atoms. The van der Waals surface area contributed by atoms with E-state index < -0.39 is 6.09 Å². The Hall–Kier alpha value is -1.42. The third kappa shape index (κ3) is 2.83. The highest BCUT2D eigenvalue weighted by molar-refractivity contribution is 6.31. The molecule has 1 amide bonds. The Bertz CT molecular complexity index is 328. The summed E-state index contributed by atoms with van der Waals surface area (Å²) in [5.41, 5.74) is 6.73. The molecule has 70 valence electrons. The van der Waals surface area contributed by atoms with Crippen molar-refractivity contribution in [2.24, 2.45) is 0 Å². The van der Waals surface area contributed by atoms with E-state index in [1.54, 1.807) is 18.2 Å². The number of carboxylic acid groups (broad SMARTS) is 1. The summed E-state index contributed by atoms with van der Waals surface area (Å²) in [6, 6.07) is 4.94. The average Bonchev–Trinajstić information content (AvgIpc) is 2.02. The second-order valence-corrected chi connectivity index (χ2v) is 2.92. The fourth-order valence-corrected chi connectivity index (χ4v) is 1.13. The Balaban J connectivity index is 2.72. The van der Waals surface area contributed by atoms with Gasteiger partial charge in [0.15, 0.2) is 0 Å². The van der Waals surface area contributed by atoms with Gasteiger partial charge in [0.2, 0.25) is 0 Å². The van der Waals surface area contributed by atoms with Crippen LogP contribution in [0.25, 0.3) is 0 Å². The molecule has 0 saturated carbocycles. The van der Waals surface area contributed by atoms with Gasteiger partial charge in [0.1, 0.15) is 0 Å². The number of amides is 1. The summed E-state index contributed by atoms with van der Waals surface area (Å²) in [4.78, 5) is 10.2. The lowest BCUT2D eigenvalue weighted by atomic mass is 10.2. The number of hydrogen-bond acceptors (Lipinski definition) is 2. The number of nitrogens with one attached hydrogen (secondary N) is 1. The molecule has 0 saturated heterocycles. The highest BCUT2D eigenvalue weighted by Gasteiger charge is 2.01. The van der Waals surface area contributed by atoms with Crippen molar-refractivity contribution in [1.82, 2.24) is 5.32 Å². The maximum atomic E-state index is 10.2. The highest BCUT2D eigenvalue weighted by atomic mass is 35.5. The molecule has 0 radical (unpaired) electrons. The predicted molar refractivity (Wildman–Crippen MR) is 50.7 cm³/mol. The molecule has 0 atom stereocenters. The van der Waals surface area contributed by atoms with E-state index in [-0.39, 0.29) is 6.54 Å². The monoisotopic (exact) mass is 200 g/mol. The molecule has 1 aromatic rings. The standard InChI is InChI=1S/C8H9ClN2O2/c9-7-3-6(10)2-1-5(7)4-11-8(12)13/h1-3,11H,4,10H2,(H,12,13). The summed E-state index contributed by atoms with van der Waals surface area (Å²) in [5, 5.41) is 11.0. The molecule has 4 nitrogen and oxygen atoms in total. The molecule has 0 aliphatic rings. The molecule has 0 aromatic heterocycles. The van der Waals surface area contributed by atoms with Gasteiger partial charge in [0, 0.05) is 17.3 Å². The average molecular weight is 201 g/mol. The van der Waals surface area contributed by atoms with Crippen LogP contribution in [0.4, 0.5) is 10.5 Å². The SMILES string of the molecule is Nc1ccc(CNC(=O)O)c(Cl)c1. The molecule has 0 aliphatic heterocycles. The first-order valence-corrected chi connectivity index (χ1v) is 3.98. The number of nitrogen functional groups attached to an aromatic ring is 1. The number of halogens is 1. The smallest absolute Gasteiger partial charge is 0.404 e. The van der Waals surface area contributed by atoms with Gasteiger partial charge in [-0.05, 0) is 17.7 Å². The molecule has 1 rings (SSSR count). The van der Waals surface area contributed by atoms with Crippen LogP contribution in [0.15, 0.2) is 18.2 Å². The van der Waals surface area contributed by atoms with Crippen LogP contribution in [0.3, 0.4) is 0 Å². The Morgan fingerprint density at radius 1 is 1.62 bits per heavy atom. The van der Waals surface area contributed by atoms with Gasteiger partial charge < -0.3 is 16.2 Å². The number of rotatable bonds is 2. The topological polar surface area (TPSA) is 75.3 Å². The first kappa shape index (κ1) is 9.67. The molecule has 0 aliphatic carbocycles. The molecule has 0 spiro atoms. The van der Waals surface area contributed by atoms with Gasteiger partial charge in [-0.25, -0.2) is 4.79 Å².